The molecule has 0 rings (SSSR count). The van der Waals surface area contributed by atoms with Crippen molar-refractivity contribution in [1.29, 1.82) is 0 Å². The molecular formula is C47H86N2O7. The van der Waals surface area contributed by atoms with Crippen LogP contribution in [0.25, 0.3) is 0 Å². The second-order valence-electron chi connectivity index (χ2n) is 15.8. The van der Waals surface area contributed by atoms with Crippen LogP contribution in [0.2, 0.25) is 0 Å². The zero-order chi connectivity index (χ0) is 41.2. The molecule has 0 saturated heterocycles. The zero-order valence-electron chi connectivity index (χ0n) is 36.1. The molecule has 9 heteroatoms. The normalized spacial score (nSPS) is 12.6. The molecule has 0 aromatic heterocycles. The lowest BCUT2D eigenvalue weighted by atomic mass is 10.0. The van der Waals surface area contributed by atoms with Gasteiger partial charge in [-0.05, 0) is 70.6 Å². The number of aliphatic hydroxyl groups is 1. The van der Waals surface area contributed by atoms with E-state index in [4.69, 9.17) is 14.9 Å². The molecule has 0 aromatic carbocycles. The number of esters is 1. The highest BCUT2D eigenvalue weighted by molar-refractivity contribution is 5.87. The number of carbonyl (C=O) groups excluding carboxylic acids is 3. The Bertz CT molecular complexity index is 999. The molecule has 4 N–H and O–H groups in total. The number of ether oxygens (including phenoxy) is 1. The van der Waals surface area contributed by atoms with Crippen LogP contribution in [0.5, 0.6) is 0 Å². The fourth-order valence-corrected chi connectivity index (χ4v) is 6.86. The number of unbranched alkanes of at least 4 members (excludes halogenated alkanes) is 24. The van der Waals surface area contributed by atoms with E-state index in [9.17, 15) is 19.2 Å². The highest BCUT2D eigenvalue weighted by Gasteiger charge is 2.19. The highest BCUT2D eigenvalue weighted by atomic mass is 16.5. The van der Waals surface area contributed by atoms with Gasteiger partial charge >= 0.3 is 11.9 Å². The number of aliphatic carboxylic acids is 1. The van der Waals surface area contributed by atoms with Gasteiger partial charge in [-0.1, -0.05) is 167 Å². The number of amides is 2. The van der Waals surface area contributed by atoms with Gasteiger partial charge in [-0.15, -0.1) is 0 Å². The van der Waals surface area contributed by atoms with E-state index in [1.807, 2.05) is 0 Å². The minimum absolute atomic E-state index is 0.0169. The molecule has 0 aliphatic heterocycles. The summed E-state index contributed by atoms with van der Waals surface area (Å²) in [5.74, 6) is -2.29. The SMILES string of the molecule is CCCCCC/C=C\C/C=C\CCCCCCCC(=O)OC(CCCCCCCCCCCCCC)CCCCCCCC(=O)NCC(=O)NC(CO)C(=O)O. The number of carbonyl (C=O) groups is 4. The second kappa shape index (κ2) is 41.9. The van der Waals surface area contributed by atoms with Crippen LogP contribution in [0.1, 0.15) is 226 Å². The Kier molecular flexibility index (Phi) is 39.9. The van der Waals surface area contributed by atoms with Crippen molar-refractivity contribution in [1.82, 2.24) is 10.6 Å². The lowest BCUT2D eigenvalue weighted by Gasteiger charge is -2.18. The first-order valence-corrected chi connectivity index (χ1v) is 23.2. The molecule has 326 valence electrons. The number of aliphatic hydroxyl groups excluding tert-OH is 1. The Morgan fingerprint density at radius 3 is 1.45 bits per heavy atom. The molecule has 0 aromatic rings. The summed E-state index contributed by atoms with van der Waals surface area (Å²) < 4.78 is 6.04. The third-order valence-corrected chi connectivity index (χ3v) is 10.5. The molecule has 0 heterocycles. The zero-order valence-corrected chi connectivity index (χ0v) is 36.1. The molecule has 0 spiro atoms. The van der Waals surface area contributed by atoms with Gasteiger partial charge in [0, 0.05) is 12.8 Å². The van der Waals surface area contributed by atoms with Crippen molar-refractivity contribution in [3.8, 4) is 0 Å². The Morgan fingerprint density at radius 1 is 0.536 bits per heavy atom. The molecule has 56 heavy (non-hydrogen) atoms. The predicted octanol–water partition coefficient (Wildman–Crippen LogP) is 11.6. The number of hydrogen-bond acceptors (Lipinski definition) is 6. The van der Waals surface area contributed by atoms with E-state index < -0.39 is 24.5 Å². The smallest absolute Gasteiger partial charge is 0.328 e. The van der Waals surface area contributed by atoms with Crippen LogP contribution in [-0.4, -0.2) is 59.3 Å². The summed E-state index contributed by atoms with van der Waals surface area (Å²) >= 11 is 0. The van der Waals surface area contributed by atoms with E-state index in [1.54, 1.807) is 0 Å². The number of allylic oxidation sites excluding steroid dienone is 4. The molecule has 0 radical (unpaired) electrons. The van der Waals surface area contributed by atoms with Crippen LogP contribution in [0, 0.1) is 0 Å². The molecule has 9 nitrogen and oxygen atoms in total. The molecule has 0 bridgehead atoms. The molecule has 2 amide bonds. The summed E-state index contributed by atoms with van der Waals surface area (Å²) in [6.45, 7) is 3.48. The van der Waals surface area contributed by atoms with E-state index in [-0.39, 0.29) is 24.5 Å². The summed E-state index contributed by atoms with van der Waals surface area (Å²) in [5.41, 5.74) is 0. The topological polar surface area (TPSA) is 142 Å². The van der Waals surface area contributed by atoms with Crippen molar-refractivity contribution < 1.29 is 34.1 Å². The van der Waals surface area contributed by atoms with Crippen LogP contribution in [0.3, 0.4) is 0 Å². The van der Waals surface area contributed by atoms with E-state index in [1.165, 1.54) is 116 Å². The van der Waals surface area contributed by atoms with Crippen molar-refractivity contribution in [2.45, 2.75) is 238 Å². The molecule has 0 aliphatic rings. The summed E-state index contributed by atoms with van der Waals surface area (Å²) in [6.07, 6.45) is 46.3. The lowest BCUT2D eigenvalue weighted by molar-refractivity contribution is -0.150. The first-order valence-electron chi connectivity index (χ1n) is 23.2. The Morgan fingerprint density at radius 2 is 0.964 bits per heavy atom. The van der Waals surface area contributed by atoms with Crippen LogP contribution in [0.4, 0.5) is 0 Å². The third kappa shape index (κ3) is 38.2. The quantitative estimate of drug-likeness (QED) is 0.0274. The Hall–Kier alpha value is -2.68. The number of rotatable bonds is 42. The Balaban J connectivity index is 4.31. The minimum atomic E-state index is -1.38. The minimum Gasteiger partial charge on any atom is -0.480 e. The van der Waals surface area contributed by atoms with Crippen LogP contribution in [-0.2, 0) is 23.9 Å². The number of hydrogen-bond donors (Lipinski definition) is 4. The summed E-state index contributed by atoms with van der Waals surface area (Å²) in [7, 11) is 0. The monoisotopic (exact) mass is 791 g/mol. The van der Waals surface area contributed by atoms with Crippen molar-refractivity contribution in [2.75, 3.05) is 13.2 Å². The lowest BCUT2D eigenvalue weighted by Crippen LogP contribution is -2.47. The molecule has 2 atom stereocenters. The summed E-state index contributed by atoms with van der Waals surface area (Å²) in [4.78, 5) is 47.6. The largest absolute Gasteiger partial charge is 0.480 e. The molecule has 0 aliphatic carbocycles. The first-order chi connectivity index (χ1) is 27.3. The van der Waals surface area contributed by atoms with Gasteiger partial charge in [0.25, 0.3) is 0 Å². The van der Waals surface area contributed by atoms with Gasteiger partial charge in [0.05, 0.1) is 13.2 Å². The molecule has 2 unspecified atom stereocenters. The first kappa shape index (κ1) is 53.3. The van der Waals surface area contributed by atoms with Crippen LogP contribution >= 0.6 is 0 Å². The Labute approximate surface area is 343 Å². The van der Waals surface area contributed by atoms with Crippen LogP contribution < -0.4 is 10.6 Å². The fraction of sp³-hybridized carbons (Fsp3) is 0.830. The average Bonchev–Trinajstić information content (AvgIpc) is 3.18. The van der Waals surface area contributed by atoms with Crippen molar-refractivity contribution >= 4 is 23.8 Å². The number of carboxylic acids is 1. The number of nitrogens with one attached hydrogen (secondary N) is 2. The molecule has 0 fully saturated rings. The maximum absolute atomic E-state index is 12.8. The van der Waals surface area contributed by atoms with E-state index in [0.717, 1.165) is 77.0 Å². The molecule has 0 saturated carbocycles. The van der Waals surface area contributed by atoms with Gasteiger partial charge in [-0.3, -0.25) is 14.4 Å². The van der Waals surface area contributed by atoms with E-state index in [0.29, 0.717) is 19.3 Å². The second-order valence-corrected chi connectivity index (χ2v) is 15.8. The maximum Gasteiger partial charge on any atom is 0.328 e. The highest BCUT2D eigenvalue weighted by Crippen LogP contribution is 2.19. The summed E-state index contributed by atoms with van der Waals surface area (Å²) in [6, 6.07) is -1.38. The average molecular weight is 791 g/mol. The van der Waals surface area contributed by atoms with Crippen molar-refractivity contribution in [3.63, 3.8) is 0 Å². The number of carboxylic acid groups (broad SMARTS) is 1. The van der Waals surface area contributed by atoms with Crippen molar-refractivity contribution in [3.05, 3.63) is 24.3 Å². The fourth-order valence-electron chi connectivity index (χ4n) is 6.86. The van der Waals surface area contributed by atoms with Gasteiger partial charge in [0.2, 0.25) is 11.8 Å². The molecular weight excluding hydrogens is 705 g/mol. The van der Waals surface area contributed by atoms with Gasteiger partial charge in [0.1, 0.15) is 12.1 Å². The van der Waals surface area contributed by atoms with E-state index in [2.05, 4.69) is 48.8 Å². The van der Waals surface area contributed by atoms with Gasteiger partial charge in [-0.25, -0.2) is 4.79 Å². The van der Waals surface area contributed by atoms with Gasteiger partial charge in [0.15, 0.2) is 0 Å². The third-order valence-electron chi connectivity index (χ3n) is 10.5. The van der Waals surface area contributed by atoms with Gasteiger partial charge < -0.3 is 25.6 Å². The standard InChI is InChI=1S/C47H86N2O7/c1-3-5-7-9-11-13-15-17-18-19-20-22-24-26-31-35-39-46(53)56-42(36-32-28-25-23-21-16-14-12-10-8-6-4-2)37-33-29-27-30-34-38-44(51)48-40-45(52)49-43(41-50)47(54)55/h13,15,18-19,42-43,50H,3-12,14,16-17,20-41H2,1-2H3,(H,48,51)(H,49,52)(H,54,55)/b15-13-,19-18-. The van der Waals surface area contributed by atoms with Gasteiger partial charge in [-0.2, -0.15) is 0 Å². The van der Waals surface area contributed by atoms with Crippen molar-refractivity contribution in [2.24, 2.45) is 0 Å². The maximum atomic E-state index is 12.8. The van der Waals surface area contributed by atoms with E-state index >= 15 is 0 Å². The summed E-state index contributed by atoms with van der Waals surface area (Å²) in [5, 5.41) is 22.6. The predicted molar refractivity (Wildman–Crippen MR) is 232 cm³/mol. The van der Waals surface area contributed by atoms with Crippen LogP contribution in [0.15, 0.2) is 24.3 Å².